The number of fused-ring (bicyclic) bond motifs is 1. The summed E-state index contributed by atoms with van der Waals surface area (Å²) in [6, 6.07) is 0.529. The molecule has 1 aliphatic heterocycles. The SMILES string of the molecule is CC(C)OC(=O)[C@H](C)NP(C)(=O)OC[C@H]1O[C@@H](n2cnc3c(N)ccnc32)C(F)(F)[C@@]1(C)CO. The number of carbonyl (C=O) groups is 1. The lowest BCUT2D eigenvalue weighted by Crippen LogP contribution is -2.47. The van der Waals surface area contributed by atoms with Crippen LogP contribution in [-0.2, 0) is 23.4 Å². The Labute approximate surface area is 195 Å². The summed E-state index contributed by atoms with van der Waals surface area (Å²) in [5, 5.41) is 12.4. The Hall–Kier alpha value is -2.18. The molecule has 3 heterocycles. The van der Waals surface area contributed by atoms with Crippen molar-refractivity contribution < 1.29 is 37.2 Å². The Morgan fingerprint density at radius 3 is 2.71 bits per heavy atom. The number of esters is 1. The number of halogens is 2. The number of hydrogen-bond acceptors (Lipinski definition) is 9. The molecular formula is C20H30F2N5O6P. The predicted molar refractivity (Wildman–Crippen MR) is 119 cm³/mol. The second-order valence-corrected chi connectivity index (χ2v) is 11.1. The molecule has 0 aliphatic carbocycles. The zero-order valence-electron chi connectivity index (χ0n) is 19.6. The summed E-state index contributed by atoms with van der Waals surface area (Å²) in [7, 11) is -3.64. The lowest BCUT2D eigenvalue weighted by molar-refractivity contribution is -0.152. The van der Waals surface area contributed by atoms with Crippen LogP contribution in [0.3, 0.4) is 0 Å². The van der Waals surface area contributed by atoms with Gasteiger partial charge < -0.3 is 24.8 Å². The van der Waals surface area contributed by atoms with E-state index in [1.165, 1.54) is 25.9 Å². The van der Waals surface area contributed by atoms with Crippen molar-refractivity contribution in [2.75, 3.05) is 25.6 Å². The molecule has 2 aromatic heterocycles. The number of nitrogens with two attached hydrogens (primary N) is 1. The zero-order valence-corrected chi connectivity index (χ0v) is 20.5. The van der Waals surface area contributed by atoms with Crippen LogP contribution in [0.5, 0.6) is 0 Å². The van der Waals surface area contributed by atoms with Crippen LogP contribution in [-0.4, -0.2) is 69.7 Å². The van der Waals surface area contributed by atoms with E-state index >= 15 is 8.78 Å². The molecule has 14 heteroatoms. The van der Waals surface area contributed by atoms with E-state index in [2.05, 4.69) is 15.1 Å². The molecule has 2 aromatic rings. The summed E-state index contributed by atoms with van der Waals surface area (Å²) in [6.07, 6.45) is -1.10. The highest BCUT2D eigenvalue weighted by molar-refractivity contribution is 7.56. The molecule has 0 saturated carbocycles. The molecule has 34 heavy (non-hydrogen) atoms. The number of aliphatic hydroxyl groups excluding tert-OH is 1. The number of rotatable bonds is 9. The highest BCUT2D eigenvalue weighted by Gasteiger charge is 2.67. The number of pyridine rings is 1. The highest BCUT2D eigenvalue weighted by atomic mass is 31.2. The molecule has 0 amide bonds. The molecule has 0 spiro atoms. The molecule has 5 atom stereocenters. The minimum absolute atomic E-state index is 0.0897. The summed E-state index contributed by atoms with van der Waals surface area (Å²) in [5.74, 6) is -4.22. The molecule has 1 fully saturated rings. The lowest BCUT2D eigenvalue weighted by Gasteiger charge is -2.33. The largest absolute Gasteiger partial charge is 0.462 e. The van der Waals surface area contributed by atoms with Crippen LogP contribution >= 0.6 is 7.52 Å². The van der Waals surface area contributed by atoms with E-state index in [9.17, 15) is 14.5 Å². The molecule has 1 aliphatic rings. The quantitative estimate of drug-likeness (QED) is 0.342. The molecule has 1 unspecified atom stereocenters. The number of ether oxygens (including phenoxy) is 2. The number of anilines is 1. The van der Waals surface area contributed by atoms with Gasteiger partial charge in [0.15, 0.2) is 5.65 Å². The lowest BCUT2D eigenvalue weighted by atomic mass is 9.80. The first-order valence-electron chi connectivity index (χ1n) is 10.6. The van der Waals surface area contributed by atoms with Crippen LogP contribution in [0.25, 0.3) is 11.2 Å². The third-order valence-electron chi connectivity index (χ3n) is 5.75. The number of aromatic nitrogens is 3. The van der Waals surface area contributed by atoms with Crippen LogP contribution in [0.4, 0.5) is 14.5 Å². The summed E-state index contributed by atoms with van der Waals surface area (Å²) in [4.78, 5) is 20.1. The number of alkyl halides is 2. The first-order chi connectivity index (χ1) is 15.7. The first kappa shape index (κ1) is 26.4. The minimum atomic E-state index is -3.64. The van der Waals surface area contributed by atoms with Gasteiger partial charge in [-0.3, -0.25) is 13.9 Å². The number of imidazole rings is 1. The summed E-state index contributed by atoms with van der Waals surface area (Å²) in [6.45, 7) is 5.67. The van der Waals surface area contributed by atoms with Crippen molar-refractivity contribution in [2.24, 2.45) is 5.41 Å². The van der Waals surface area contributed by atoms with E-state index in [1.54, 1.807) is 13.8 Å². The van der Waals surface area contributed by atoms with Crippen LogP contribution in [0, 0.1) is 5.41 Å². The van der Waals surface area contributed by atoms with Crippen molar-refractivity contribution in [1.82, 2.24) is 19.6 Å². The van der Waals surface area contributed by atoms with Gasteiger partial charge in [0.05, 0.1) is 42.9 Å². The Bertz CT molecular complexity index is 1100. The van der Waals surface area contributed by atoms with Crippen LogP contribution in [0.15, 0.2) is 18.6 Å². The highest BCUT2D eigenvalue weighted by Crippen LogP contribution is 2.56. The van der Waals surface area contributed by atoms with Crippen LogP contribution in [0.1, 0.15) is 33.9 Å². The average Bonchev–Trinajstić information content (AvgIpc) is 3.24. The Morgan fingerprint density at radius 1 is 1.41 bits per heavy atom. The first-order valence-corrected chi connectivity index (χ1v) is 12.7. The maximum Gasteiger partial charge on any atom is 0.323 e. The number of nitrogens with one attached hydrogen (secondary N) is 1. The van der Waals surface area contributed by atoms with E-state index in [0.717, 1.165) is 17.8 Å². The van der Waals surface area contributed by atoms with E-state index in [-0.39, 0.29) is 23.0 Å². The Kier molecular flexibility index (Phi) is 7.35. The molecule has 0 radical (unpaired) electrons. The fourth-order valence-electron chi connectivity index (χ4n) is 3.67. The molecular weight excluding hydrogens is 475 g/mol. The minimum Gasteiger partial charge on any atom is -0.462 e. The fourth-order valence-corrected chi connectivity index (χ4v) is 4.97. The van der Waals surface area contributed by atoms with E-state index in [0.29, 0.717) is 0 Å². The molecule has 4 N–H and O–H groups in total. The van der Waals surface area contributed by atoms with Gasteiger partial charge in [0.25, 0.3) is 7.52 Å². The third-order valence-corrected chi connectivity index (χ3v) is 7.25. The zero-order chi connectivity index (χ0) is 25.5. The van der Waals surface area contributed by atoms with Crippen LogP contribution < -0.4 is 10.8 Å². The van der Waals surface area contributed by atoms with Gasteiger partial charge in [-0.25, -0.2) is 23.8 Å². The van der Waals surface area contributed by atoms with Gasteiger partial charge in [-0.15, -0.1) is 0 Å². The van der Waals surface area contributed by atoms with E-state index < -0.39 is 56.4 Å². The number of aliphatic hydroxyl groups is 1. The normalized spacial score (nSPS) is 27.1. The van der Waals surface area contributed by atoms with Crippen molar-refractivity contribution >= 4 is 30.3 Å². The second-order valence-electron chi connectivity index (χ2n) is 8.88. The van der Waals surface area contributed by atoms with Crippen molar-refractivity contribution in [3.05, 3.63) is 18.6 Å². The van der Waals surface area contributed by atoms with Gasteiger partial charge in [0.2, 0.25) is 6.23 Å². The third kappa shape index (κ3) is 4.80. The number of hydrogen-bond donors (Lipinski definition) is 3. The number of carbonyl (C=O) groups excluding carboxylic acids is 1. The number of nitrogen functional groups attached to an aromatic ring is 1. The molecule has 0 aromatic carbocycles. The van der Waals surface area contributed by atoms with Gasteiger partial charge in [-0.2, -0.15) is 0 Å². The fraction of sp³-hybridized carbons (Fsp3) is 0.650. The molecule has 0 bridgehead atoms. The van der Waals surface area contributed by atoms with Crippen molar-refractivity contribution in [3.63, 3.8) is 0 Å². The summed E-state index contributed by atoms with van der Waals surface area (Å²) in [5.41, 5.74) is 4.35. The van der Waals surface area contributed by atoms with Gasteiger partial charge in [-0.1, -0.05) is 0 Å². The molecule has 11 nitrogen and oxygen atoms in total. The van der Waals surface area contributed by atoms with Crippen molar-refractivity contribution in [1.29, 1.82) is 0 Å². The Balaban J connectivity index is 1.80. The molecule has 1 saturated heterocycles. The molecule has 3 rings (SSSR count). The van der Waals surface area contributed by atoms with Crippen LogP contribution in [0.2, 0.25) is 0 Å². The van der Waals surface area contributed by atoms with E-state index in [1.807, 2.05) is 0 Å². The maximum absolute atomic E-state index is 15.6. The topological polar surface area (TPSA) is 151 Å². The van der Waals surface area contributed by atoms with Crippen molar-refractivity contribution in [2.45, 2.75) is 58.1 Å². The van der Waals surface area contributed by atoms with Gasteiger partial charge >= 0.3 is 11.9 Å². The van der Waals surface area contributed by atoms with Gasteiger partial charge in [0.1, 0.15) is 11.6 Å². The smallest absolute Gasteiger partial charge is 0.323 e. The summed E-state index contributed by atoms with van der Waals surface area (Å²) >= 11 is 0. The van der Waals surface area contributed by atoms with Gasteiger partial charge in [0, 0.05) is 12.9 Å². The molecule has 190 valence electrons. The Morgan fingerprint density at radius 2 is 2.09 bits per heavy atom. The maximum atomic E-state index is 15.6. The summed E-state index contributed by atoms with van der Waals surface area (Å²) < 4.78 is 61.1. The standard InChI is InChI=1S/C20H30F2N5O6P/c1-11(2)32-17(29)12(3)26-34(5,30)31-8-14-19(4,9-28)20(21,22)18(33-14)27-10-25-15-13(23)6-7-24-16(15)27/h6-7,10-12,14,18,28H,8-9H2,1-5H3,(H2,23,24)(H,26,30)/t12-,14+,18+,19-,34?/m0/s1. The monoisotopic (exact) mass is 505 g/mol. The van der Waals surface area contributed by atoms with Gasteiger partial charge in [-0.05, 0) is 33.8 Å². The van der Waals surface area contributed by atoms with E-state index in [4.69, 9.17) is 19.7 Å². The predicted octanol–water partition coefficient (Wildman–Crippen LogP) is 2.31. The number of nitrogens with zero attached hydrogens (tertiary/aromatic N) is 3. The second kappa shape index (κ2) is 9.46. The van der Waals surface area contributed by atoms with Crippen molar-refractivity contribution in [3.8, 4) is 0 Å². The average molecular weight is 505 g/mol.